The van der Waals surface area contributed by atoms with Crippen LogP contribution in [0.5, 0.6) is 0 Å². The van der Waals surface area contributed by atoms with E-state index in [9.17, 15) is 20.4 Å². The third-order valence-electron chi connectivity index (χ3n) is 8.62. The number of aliphatic hydroxyl groups excluding tert-OH is 4. The standard InChI is InChI=1S/C22H34O5/c1-12-6-7-15-20(3,11-23)8-5-9-21(15,4)14(12)10-22-18(26)16(24)13(2)17(25)19(22)27-22/h6,14-19,23-26H,2,5,7-11H2,1,3-4H3/t14-,15-,16+,17+,18+,19-,20+,21-,22+/m1/s1. The van der Waals surface area contributed by atoms with Crippen LogP contribution in [0.2, 0.25) is 0 Å². The Kier molecular flexibility index (Phi) is 4.45. The number of allylic oxidation sites excluding steroid dienone is 2. The van der Waals surface area contributed by atoms with E-state index in [1.807, 2.05) is 0 Å². The largest absolute Gasteiger partial charge is 0.396 e. The molecule has 2 saturated carbocycles. The third-order valence-corrected chi connectivity index (χ3v) is 8.62. The lowest BCUT2D eigenvalue weighted by Gasteiger charge is -2.58. The second-order valence-electron chi connectivity index (χ2n) is 10.1. The molecule has 27 heavy (non-hydrogen) atoms. The minimum absolute atomic E-state index is 0.00386. The third kappa shape index (κ3) is 2.55. The van der Waals surface area contributed by atoms with Gasteiger partial charge in [-0.1, -0.05) is 38.5 Å². The molecule has 0 aromatic carbocycles. The molecule has 9 atom stereocenters. The van der Waals surface area contributed by atoms with E-state index in [-0.39, 0.29) is 28.9 Å². The summed E-state index contributed by atoms with van der Waals surface area (Å²) in [7, 11) is 0. The molecule has 5 heteroatoms. The van der Waals surface area contributed by atoms with Gasteiger partial charge in [-0.15, -0.1) is 0 Å². The summed E-state index contributed by atoms with van der Waals surface area (Å²) in [4.78, 5) is 0. The number of fused-ring (bicyclic) bond motifs is 2. The van der Waals surface area contributed by atoms with Crippen LogP contribution in [0, 0.1) is 22.7 Å². The number of aliphatic hydroxyl groups is 4. The molecule has 0 spiro atoms. The Labute approximate surface area is 161 Å². The Balaban J connectivity index is 1.67. The molecule has 0 aromatic heterocycles. The van der Waals surface area contributed by atoms with E-state index < -0.39 is 30.0 Å². The minimum Gasteiger partial charge on any atom is -0.396 e. The van der Waals surface area contributed by atoms with Crippen molar-refractivity contribution in [2.24, 2.45) is 22.7 Å². The molecule has 1 aliphatic heterocycles. The normalized spacial score (nSPS) is 54.8. The second kappa shape index (κ2) is 6.14. The summed E-state index contributed by atoms with van der Waals surface area (Å²) in [5, 5.41) is 41.6. The molecular weight excluding hydrogens is 344 g/mol. The lowest BCUT2D eigenvalue weighted by Crippen LogP contribution is -2.56. The summed E-state index contributed by atoms with van der Waals surface area (Å²) < 4.78 is 5.89. The van der Waals surface area contributed by atoms with E-state index in [1.54, 1.807) is 0 Å². The Bertz CT molecular complexity index is 674. The van der Waals surface area contributed by atoms with Gasteiger partial charge in [0.05, 0.1) is 0 Å². The summed E-state index contributed by atoms with van der Waals surface area (Å²) in [5.74, 6) is 0.560. The van der Waals surface area contributed by atoms with Crippen molar-refractivity contribution in [1.29, 1.82) is 0 Å². The molecule has 4 N–H and O–H groups in total. The smallest absolute Gasteiger partial charge is 0.127 e. The van der Waals surface area contributed by atoms with Gasteiger partial charge in [-0.2, -0.15) is 0 Å². The first kappa shape index (κ1) is 19.6. The molecule has 5 nitrogen and oxygen atoms in total. The predicted octanol–water partition coefficient (Wildman–Crippen LogP) is 1.94. The highest BCUT2D eigenvalue weighted by atomic mass is 16.6. The number of rotatable bonds is 3. The van der Waals surface area contributed by atoms with Crippen LogP contribution in [-0.2, 0) is 4.74 Å². The van der Waals surface area contributed by atoms with E-state index >= 15 is 0 Å². The van der Waals surface area contributed by atoms with Gasteiger partial charge in [-0.05, 0) is 60.8 Å². The first-order valence-electron chi connectivity index (χ1n) is 10.3. The molecule has 1 saturated heterocycles. The molecule has 152 valence electrons. The van der Waals surface area contributed by atoms with Gasteiger partial charge in [0.15, 0.2) is 0 Å². The summed E-state index contributed by atoms with van der Waals surface area (Å²) in [6.07, 6.45) is 3.37. The first-order chi connectivity index (χ1) is 12.6. The van der Waals surface area contributed by atoms with Crippen LogP contribution in [0.4, 0.5) is 0 Å². The Morgan fingerprint density at radius 3 is 2.56 bits per heavy atom. The van der Waals surface area contributed by atoms with Gasteiger partial charge in [0.25, 0.3) is 0 Å². The van der Waals surface area contributed by atoms with Crippen LogP contribution in [0.1, 0.15) is 52.9 Å². The van der Waals surface area contributed by atoms with Crippen LogP contribution >= 0.6 is 0 Å². The van der Waals surface area contributed by atoms with Crippen molar-refractivity contribution >= 4 is 0 Å². The zero-order valence-corrected chi connectivity index (χ0v) is 16.7. The van der Waals surface area contributed by atoms with Gasteiger partial charge in [-0.3, -0.25) is 0 Å². The van der Waals surface area contributed by atoms with E-state index in [0.717, 1.165) is 25.7 Å². The van der Waals surface area contributed by atoms with Crippen LogP contribution in [-0.4, -0.2) is 57.0 Å². The van der Waals surface area contributed by atoms with Crippen molar-refractivity contribution in [1.82, 2.24) is 0 Å². The summed E-state index contributed by atoms with van der Waals surface area (Å²) in [5.41, 5.74) is 0.538. The number of hydrogen-bond acceptors (Lipinski definition) is 5. The topological polar surface area (TPSA) is 93.5 Å². The average Bonchev–Trinajstić information content (AvgIpc) is 3.37. The fourth-order valence-corrected chi connectivity index (χ4v) is 6.75. The Hall–Kier alpha value is -0.720. The van der Waals surface area contributed by atoms with Crippen molar-refractivity contribution in [2.45, 2.75) is 82.9 Å². The SMILES string of the molecule is C=C1[C@H](O)[C@H]2O[C@@]2(C[C@@H]2C(C)=CC[C@@H]3[C@](C)(CO)CCC[C@]23C)[C@@H](O)[C@H]1O. The number of hydrogen-bond donors (Lipinski definition) is 4. The van der Waals surface area contributed by atoms with Gasteiger partial charge in [0, 0.05) is 6.61 Å². The molecule has 0 amide bonds. The van der Waals surface area contributed by atoms with E-state index in [2.05, 4.69) is 33.4 Å². The summed E-state index contributed by atoms with van der Waals surface area (Å²) >= 11 is 0. The van der Waals surface area contributed by atoms with Crippen molar-refractivity contribution in [2.75, 3.05) is 6.61 Å². The molecular formula is C22H34O5. The van der Waals surface area contributed by atoms with Crippen LogP contribution in [0.25, 0.3) is 0 Å². The van der Waals surface area contributed by atoms with E-state index in [0.29, 0.717) is 12.3 Å². The summed E-state index contributed by atoms with van der Waals surface area (Å²) in [6, 6.07) is 0. The highest BCUT2D eigenvalue weighted by Crippen LogP contribution is 2.63. The van der Waals surface area contributed by atoms with Gasteiger partial charge in [-0.25, -0.2) is 0 Å². The lowest BCUT2D eigenvalue weighted by molar-refractivity contribution is -0.0896. The molecule has 0 radical (unpaired) electrons. The minimum atomic E-state index is -1.16. The molecule has 4 aliphatic rings. The number of epoxide rings is 1. The van der Waals surface area contributed by atoms with Gasteiger partial charge < -0.3 is 25.2 Å². The Morgan fingerprint density at radius 2 is 1.89 bits per heavy atom. The Morgan fingerprint density at radius 1 is 1.19 bits per heavy atom. The van der Waals surface area contributed by atoms with E-state index in [4.69, 9.17) is 4.74 Å². The second-order valence-corrected chi connectivity index (χ2v) is 10.1. The highest BCUT2D eigenvalue weighted by Gasteiger charge is 2.71. The molecule has 0 aromatic rings. The van der Waals surface area contributed by atoms with Gasteiger partial charge >= 0.3 is 0 Å². The molecule has 3 aliphatic carbocycles. The average molecular weight is 379 g/mol. The maximum Gasteiger partial charge on any atom is 0.127 e. The quantitative estimate of drug-likeness (QED) is 0.445. The van der Waals surface area contributed by atoms with Crippen molar-refractivity contribution in [3.8, 4) is 0 Å². The van der Waals surface area contributed by atoms with Crippen molar-refractivity contribution in [3.63, 3.8) is 0 Å². The first-order valence-corrected chi connectivity index (χ1v) is 10.3. The number of ether oxygens (including phenoxy) is 1. The molecule has 3 fully saturated rings. The molecule has 0 bridgehead atoms. The zero-order chi connectivity index (χ0) is 19.8. The highest BCUT2D eigenvalue weighted by molar-refractivity contribution is 5.32. The van der Waals surface area contributed by atoms with Crippen LogP contribution in [0.3, 0.4) is 0 Å². The van der Waals surface area contributed by atoms with Crippen molar-refractivity contribution < 1.29 is 25.2 Å². The van der Waals surface area contributed by atoms with Gasteiger partial charge in [0.2, 0.25) is 0 Å². The van der Waals surface area contributed by atoms with Crippen LogP contribution in [0.15, 0.2) is 23.8 Å². The lowest BCUT2D eigenvalue weighted by atomic mass is 9.47. The van der Waals surface area contributed by atoms with Crippen LogP contribution < -0.4 is 0 Å². The van der Waals surface area contributed by atoms with E-state index in [1.165, 1.54) is 5.57 Å². The summed E-state index contributed by atoms with van der Waals surface area (Å²) in [6.45, 7) is 10.6. The molecule has 4 rings (SSSR count). The molecule has 1 heterocycles. The maximum atomic E-state index is 10.8. The molecule has 0 unspecified atom stereocenters. The van der Waals surface area contributed by atoms with Gasteiger partial charge in [0.1, 0.15) is 30.0 Å². The van der Waals surface area contributed by atoms with Crippen molar-refractivity contribution in [3.05, 3.63) is 23.8 Å². The monoisotopic (exact) mass is 378 g/mol. The maximum absolute atomic E-state index is 10.8. The zero-order valence-electron chi connectivity index (χ0n) is 16.7. The predicted molar refractivity (Wildman–Crippen MR) is 102 cm³/mol. The fourth-order valence-electron chi connectivity index (χ4n) is 6.75. The fraction of sp³-hybridized carbons (Fsp3) is 0.818.